The van der Waals surface area contributed by atoms with Crippen LogP contribution in [0.2, 0.25) is 0 Å². The van der Waals surface area contributed by atoms with Gasteiger partial charge in [-0.2, -0.15) is 0 Å². The van der Waals surface area contributed by atoms with Crippen LogP contribution < -0.4 is 11.3 Å². The van der Waals surface area contributed by atoms with Crippen LogP contribution >= 0.6 is 11.3 Å². The Hall–Kier alpha value is -2.14. The van der Waals surface area contributed by atoms with E-state index < -0.39 is 0 Å². The van der Waals surface area contributed by atoms with Crippen molar-refractivity contribution in [3.8, 4) is 11.1 Å². The topological polar surface area (TPSA) is 60.9 Å². The number of nitrogens with two attached hydrogens (primary N) is 1. The highest BCUT2D eigenvalue weighted by Gasteiger charge is 2.05. The van der Waals surface area contributed by atoms with E-state index in [9.17, 15) is 4.79 Å². The normalized spacial score (nSPS) is 11.0. The molecule has 0 saturated carbocycles. The number of benzene rings is 1. The minimum absolute atomic E-state index is 0.0175. The summed E-state index contributed by atoms with van der Waals surface area (Å²) in [6.45, 7) is 2.64. The molecule has 0 spiro atoms. The molecule has 0 amide bonds. The maximum absolute atomic E-state index is 11.8. The van der Waals surface area contributed by atoms with E-state index in [1.54, 1.807) is 10.6 Å². The standard InChI is InChI=1S/C14H13N3OS/c1-2-17-6-5-10(8-13(17)18)9-3-4-11-12(7-9)19-14(15)16-11/h3-8H,2H2,1H3,(H2,15,16). The largest absolute Gasteiger partial charge is 0.375 e. The van der Waals surface area contributed by atoms with Gasteiger partial charge in [0.05, 0.1) is 10.2 Å². The summed E-state index contributed by atoms with van der Waals surface area (Å²) in [6.07, 6.45) is 1.82. The molecule has 0 aliphatic rings. The summed E-state index contributed by atoms with van der Waals surface area (Å²) >= 11 is 1.46. The fraction of sp³-hybridized carbons (Fsp3) is 0.143. The van der Waals surface area contributed by atoms with Gasteiger partial charge in [0.15, 0.2) is 5.13 Å². The van der Waals surface area contributed by atoms with Gasteiger partial charge in [-0.3, -0.25) is 4.79 Å². The summed E-state index contributed by atoms with van der Waals surface area (Å²) in [7, 11) is 0. The van der Waals surface area contributed by atoms with Gasteiger partial charge < -0.3 is 10.3 Å². The second kappa shape index (κ2) is 4.51. The molecule has 0 unspecified atom stereocenters. The van der Waals surface area contributed by atoms with Crippen LogP contribution in [-0.4, -0.2) is 9.55 Å². The fourth-order valence-corrected chi connectivity index (χ4v) is 2.84. The Labute approximate surface area is 114 Å². The molecule has 0 fully saturated rings. The lowest BCUT2D eigenvalue weighted by Crippen LogP contribution is -2.16. The molecule has 0 atom stereocenters. The molecular formula is C14H13N3OS. The Morgan fingerprint density at radius 2 is 2.05 bits per heavy atom. The van der Waals surface area contributed by atoms with Gasteiger partial charge in [0.1, 0.15) is 0 Å². The molecule has 5 heteroatoms. The van der Waals surface area contributed by atoms with Crippen LogP contribution in [0.25, 0.3) is 21.3 Å². The molecule has 1 aromatic carbocycles. The first-order chi connectivity index (χ1) is 9.17. The third kappa shape index (κ3) is 2.13. The summed E-state index contributed by atoms with van der Waals surface area (Å²) < 4.78 is 2.71. The van der Waals surface area contributed by atoms with E-state index >= 15 is 0 Å². The number of hydrogen-bond donors (Lipinski definition) is 1. The molecule has 96 valence electrons. The number of aromatic nitrogens is 2. The second-order valence-corrected chi connectivity index (χ2v) is 5.34. The highest BCUT2D eigenvalue weighted by Crippen LogP contribution is 2.28. The predicted molar refractivity (Wildman–Crippen MR) is 79.4 cm³/mol. The number of pyridine rings is 1. The summed E-state index contributed by atoms with van der Waals surface area (Å²) in [5, 5.41) is 0.563. The van der Waals surface area contributed by atoms with Crippen LogP contribution in [-0.2, 0) is 6.54 Å². The number of nitrogens with zero attached hydrogens (tertiary/aromatic N) is 2. The quantitative estimate of drug-likeness (QED) is 0.779. The van der Waals surface area contributed by atoms with Gasteiger partial charge in [-0.1, -0.05) is 17.4 Å². The van der Waals surface area contributed by atoms with Gasteiger partial charge >= 0.3 is 0 Å². The van der Waals surface area contributed by atoms with Crippen molar-refractivity contribution in [2.45, 2.75) is 13.5 Å². The molecule has 2 aromatic heterocycles. The smallest absolute Gasteiger partial charge is 0.251 e. The van der Waals surface area contributed by atoms with Crippen molar-refractivity contribution in [1.82, 2.24) is 9.55 Å². The molecule has 4 nitrogen and oxygen atoms in total. The molecule has 0 bridgehead atoms. The maximum atomic E-state index is 11.8. The Balaban J connectivity index is 2.13. The third-order valence-electron chi connectivity index (χ3n) is 3.08. The Kier molecular flexibility index (Phi) is 2.83. The van der Waals surface area contributed by atoms with Crippen molar-refractivity contribution in [2.24, 2.45) is 0 Å². The van der Waals surface area contributed by atoms with Crippen LogP contribution in [0.15, 0.2) is 41.3 Å². The lowest BCUT2D eigenvalue weighted by atomic mass is 10.1. The molecule has 3 aromatic rings. The minimum Gasteiger partial charge on any atom is -0.375 e. The number of nitrogen functional groups attached to an aromatic ring is 1. The zero-order chi connectivity index (χ0) is 13.4. The SMILES string of the molecule is CCn1ccc(-c2ccc3nc(N)sc3c2)cc1=O. The van der Waals surface area contributed by atoms with Gasteiger partial charge in [0, 0.05) is 18.8 Å². The highest BCUT2D eigenvalue weighted by molar-refractivity contribution is 7.22. The van der Waals surface area contributed by atoms with E-state index in [1.165, 1.54) is 11.3 Å². The van der Waals surface area contributed by atoms with E-state index in [-0.39, 0.29) is 5.56 Å². The van der Waals surface area contributed by atoms with Gasteiger partial charge in [-0.05, 0) is 36.2 Å². The molecule has 0 aliphatic carbocycles. The van der Waals surface area contributed by atoms with Crippen LogP contribution in [0.1, 0.15) is 6.92 Å². The molecular weight excluding hydrogens is 258 g/mol. The van der Waals surface area contributed by atoms with Crippen molar-refractivity contribution in [3.63, 3.8) is 0 Å². The van der Waals surface area contributed by atoms with E-state index in [4.69, 9.17) is 5.73 Å². The number of aryl methyl sites for hydroxylation is 1. The monoisotopic (exact) mass is 271 g/mol. The van der Waals surface area contributed by atoms with Gasteiger partial charge in [0.2, 0.25) is 0 Å². The van der Waals surface area contributed by atoms with E-state index in [0.29, 0.717) is 11.7 Å². The number of thiazole rings is 1. The second-order valence-electron chi connectivity index (χ2n) is 4.27. The molecule has 19 heavy (non-hydrogen) atoms. The van der Waals surface area contributed by atoms with Gasteiger partial charge in [-0.25, -0.2) is 4.98 Å². The zero-order valence-electron chi connectivity index (χ0n) is 10.5. The van der Waals surface area contributed by atoms with Crippen LogP contribution in [0.4, 0.5) is 5.13 Å². The lowest BCUT2D eigenvalue weighted by molar-refractivity contribution is 0.728. The summed E-state index contributed by atoms with van der Waals surface area (Å²) in [4.78, 5) is 16.1. The summed E-state index contributed by atoms with van der Waals surface area (Å²) in [5.74, 6) is 0. The lowest BCUT2D eigenvalue weighted by Gasteiger charge is -2.04. The average molecular weight is 271 g/mol. The fourth-order valence-electron chi connectivity index (χ4n) is 2.07. The van der Waals surface area contributed by atoms with Crippen LogP contribution in [0.3, 0.4) is 0 Å². The van der Waals surface area contributed by atoms with Crippen LogP contribution in [0, 0.1) is 0 Å². The Bertz CT molecular complexity index is 804. The zero-order valence-corrected chi connectivity index (χ0v) is 11.3. The molecule has 3 rings (SSSR count). The highest BCUT2D eigenvalue weighted by atomic mass is 32.1. The summed E-state index contributed by atoms with van der Waals surface area (Å²) in [6, 6.07) is 9.54. The predicted octanol–water partition coefficient (Wildman–Crippen LogP) is 2.73. The molecule has 0 aliphatic heterocycles. The minimum atomic E-state index is 0.0175. The van der Waals surface area contributed by atoms with Crippen LogP contribution in [0.5, 0.6) is 0 Å². The first-order valence-corrected chi connectivity index (χ1v) is 6.86. The first kappa shape index (κ1) is 11.9. The number of hydrogen-bond acceptors (Lipinski definition) is 4. The van der Waals surface area contributed by atoms with Gasteiger partial charge in [0.25, 0.3) is 5.56 Å². The van der Waals surface area contributed by atoms with Crippen molar-refractivity contribution >= 4 is 26.7 Å². The number of rotatable bonds is 2. The van der Waals surface area contributed by atoms with E-state index in [0.717, 1.165) is 21.3 Å². The number of fused-ring (bicyclic) bond motifs is 1. The van der Waals surface area contributed by atoms with Crippen molar-refractivity contribution in [2.75, 3.05) is 5.73 Å². The Morgan fingerprint density at radius 3 is 2.79 bits per heavy atom. The molecule has 0 radical (unpaired) electrons. The average Bonchev–Trinajstić information content (AvgIpc) is 2.77. The third-order valence-corrected chi connectivity index (χ3v) is 3.92. The van der Waals surface area contributed by atoms with E-state index in [1.807, 2.05) is 37.4 Å². The van der Waals surface area contributed by atoms with Crippen molar-refractivity contribution in [3.05, 3.63) is 46.9 Å². The molecule has 0 saturated heterocycles. The molecule has 2 N–H and O–H groups in total. The first-order valence-electron chi connectivity index (χ1n) is 6.04. The maximum Gasteiger partial charge on any atom is 0.251 e. The van der Waals surface area contributed by atoms with Crippen molar-refractivity contribution < 1.29 is 0 Å². The van der Waals surface area contributed by atoms with E-state index in [2.05, 4.69) is 4.98 Å². The number of anilines is 1. The molecule has 2 heterocycles. The van der Waals surface area contributed by atoms with Crippen molar-refractivity contribution in [1.29, 1.82) is 0 Å². The van der Waals surface area contributed by atoms with Gasteiger partial charge in [-0.15, -0.1) is 0 Å². The summed E-state index contributed by atoms with van der Waals surface area (Å²) in [5.41, 5.74) is 8.54. The Morgan fingerprint density at radius 1 is 1.26 bits per heavy atom.